The normalized spacial score (nSPS) is 18.5. The number of carboxylic acid groups (broad SMARTS) is 1. The lowest BCUT2D eigenvalue weighted by molar-refractivity contribution is -0.687. The van der Waals surface area contributed by atoms with Crippen molar-refractivity contribution in [2.24, 2.45) is 11.1 Å². The molecule has 46 heavy (non-hydrogen) atoms. The molecular formula is C27H25ClN9O7S2+. The van der Waals surface area contributed by atoms with E-state index in [1.807, 2.05) is 4.57 Å². The minimum atomic E-state index is -1.77. The molecule has 0 aliphatic carbocycles. The number of carbonyl (C=O) groups excluding carboxylic acids is 2. The first-order valence-electron chi connectivity index (χ1n) is 13.5. The molecule has 3 aromatic heterocycles. The number of anilines is 1. The van der Waals surface area contributed by atoms with E-state index in [1.165, 1.54) is 42.6 Å². The number of carbonyl (C=O) groups is 3. The Hall–Kier alpha value is -4.81. The number of nitrogens with zero attached hydrogens (tertiary/aromatic N) is 7. The van der Waals surface area contributed by atoms with Gasteiger partial charge in [-0.05, 0) is 36.6 Å². The molecule has 2 aliphatic heterocycles. The molecule has 16 nitrogen and oxygen atoms in total. The van der Waals surface area contributed by atoms with Crippen molar-refractivity contribution in [2.45, 2.75) is 37.8 Å². The molecule has 5 heterocycles. The Labute approximate surface area is 272 Å². The number of aromatic hydroxyl groups is 2. The molecule has 0 spiro atoms. The molecule has 2 atom stereocenters. The number of aromatic nitrogens is 6. The van der Waals surface area contributed by atoms with Gasteiger partial charge in [0.05, 0.1) is 17.0 Å². The number of fused-ring (bicyclic) bond motifs is 2. The summed E-state index contributed by atoms with van der Waals surface area (Å²) in [5.41, 5.74) is 4.86. The number of carboxylic acids is 1. The summed E-state index contributed by atoms with van der Waals surface area (Å²) in [4.78, 5) is 49.7. The number of tetrazole rings is 1. The Morgan fingerprint density at radius 2 is 2.02 bits per heavy atom. The van der Waals surface area contributed by atoms with Gasteiger partial charge in [-0.25, -0.2) is 14.3 Å². The third-order valence-electron chi connectivity index (χ3n) is 7.39. The molecule has 0 radical (unpaired) electrons. The summed E-state index contributed by atoms with van der Waals surface area (Å²) in [6.45, 7) is 2.86. The summed E-state index contributed by atoms with van der Waals surface area (Å²) >= 11 is 8.62. The minimum absolute atomic E-state index is 0.0557. The third kappa shape index (κ3) is 5.69. The van der Waals surface area contributed by atoms with Crippen LogP contribution in [0.2, 0.25) is 4.34 Å². The zero-order valence-corrected chi connectivity index (χ0v) is 26.4. The Balaban J connectivity index is 1.28. The summed E-state index contributed by atoms with van der Waals surface area (Å²) < 4.78 is 1.92. The molecule has 0 saturated carbocycles. The molecule has 238 valence electrons. The number of halogens is 1. The SMILES string of the molecule is CC(C)(O/N=C(\C(=O)C[C@@H]1C(=O)N2C(c3nn[nH]n3)=C(C[n+]3ccc4cc(O)c(O)cc4c3)CS[C@H]12)c1nc(N)sc1Cl)C(=O)O. The first kappa shape index (κ1) is 31.2. The Bertz CT molecular complexity index is 1960. The molecule has 1 saturated heterocycles. The standard InChI is InChI=1S/C27H24ClN9O7S2/c1-27(2,25(42)43)44-33-18(19-21(28)46-26(29)30-19)17(40)7-14-23(41)37-20(22-31-34-35-32-22)13(10-45-24(14)37)9-36-4-3-11-5-15(38)16(39)6-12(11)8-36/h3-6,8,14,24H,7,9-10H2,1-2H3,(H5,29,30,31,32,34,35,39,42,43)/p+1/b33-18+/t14-,24-/m1/s1. The fourth-order valence-corrected chi connectivity index (χ4v) is 7.31. The van der Waals surface area contributed by atoms with Crippen LogP contribution in [0.3, 0.4) is 0 Å². The van der Waals surface area contributed by atoms with Crippen LogP contribution >= 0.6 is 34.7 Å². The van der Waals surface area contributed by atoms with Crippen molar-refractivity contribution in [2.75, 3.05) is 11.5 Å². The molecule has 6 rings (SSSR count). The molecule has 0 bridgehead atoms. The van der Waals surface area contributed by atoms with Gasteiger partial charge in [0.25, 0.3) is 0 Å². The van der Waals surface area contributed by atoms with Crippen LogP contribution < -0.4 is 10.3 Å². The molecule has 19 heteroatoms. The van der Waals surface area contributed by atoms with Crippen molar-refractivity contribution >= 4 is 79.7 Å². The van der Waals surface area contributed by atoms with Crippen molar-refractivity contribution in [3.8, 4) is 11.5 Å². The summed E-state index contributed by atoms with van der Waals surface area (Å²) in [5, 5.41) is 48.4. The second-order valence-corrected chi connectivity index (χ2v) is 13.7. The van der Waals surface area contributed by atoms with Crippen LogP contribution in [0.1, 0.15) is 31.8 Å². The topological polar surface area (TPSA) is 234 Å². The molecule has 1 amide bonds. The average molecular weight is 687 g/mol. The number of rotatable bonds is 10. The molecule has 2 aliphatic rings. The number of phenols is 2. The molecule has 1 aromatic carbocycles. The third-order valence-corrected chi connectivity index (χ3v) is 9.87. The highest BCUT2D eigenvalue weighted by molar-refractivity contribution is 8.00. The number of amides is 1. The first-order chi connectivity index (χ1) is 21.8. The number of pyridine rings is 1. The largest absolute Gasteiger partial charge is 0.504 e. The molecular weight excluding hydrogens is 662 g/mol. The van der Waals surface area contributed by atoms with Gasteiger partial charge >= 0.3 is 5.97 Å². The number of nitrogens with one attached hydrogen (secondary N) is 1. The van der Waals surface area contributed by atoms with E-state index in [0.717, 1.165) is 22.3 Å². The molecule has 1 fully saturated rings. The number of nitrogens with two attached hydrogens (primary N) is 1. The summed E-state index contributed by atoms with van der Waals surface area (Å²) in [5.74, 6) is -2.88. The van der Waals surface area contributed by atoms with E-state index in [9.17, 15) is 29.7 Å². The van der Waals surface area contributed by atoms with E-state index in [1.54, 1.807) is 18.5 Å². The summed E-state index contributed by atoms with van der Waals surface area (Å²) in [6, 6.07) is 4.72. The van der Waals surface area contributed by atoms with Gasteiger partial charge in [-0.15, -0.1) is 22.0 Å². The number of hydrogen-bond donors (Lipinski definition) is 5. The fourth-order valence-electron chi connectivity index (χ4n) is 4.98. The second kappa shape index (κ2) is 11.8. The fraction of sp³-hybridized carbons (Fsp3) is 0.296. The number of phenolic OH excluding ortho intramolecular Hbond substituents is 2. The van der Waals surface area contributed by atoms with Crippen LogP contribution in [-0.4, -0.2) is 85.9 Å². The maximum absolute atomic E-state index is 13.7. The second-order valence-electron chi connectivity index (χ2n) is 10.9. The number of aliphatic carboxylic acids is 1. The van der Waals surface area contributed by atoms with Crippen LogP contribution in [-0.2, 0) is 25.8 Å². The summed E-state index contributed by atoms with van der Waals surface area (Å²) in [7, 11) is 0. The van der Waals surface area contributed by atoms with E-state index in [-0.39, 0.29) is 50.5 Å². The number of β-lactam (4-membered cyclic amide) rings is 1. The predicted molar refractivity (Wildman–Crippen MR) is 166 cm³/mol. The first-order valence-corrected chi connectivity index (χ1v) is 15.8. The van der Waals surface area contributed by atoms with Gasteiger partial charge in [0.2, 0.25) is 17.3 Å². The minimum Gasteiger partial charge on any atom is -0.504 e. The summed E-state index contributed by atoms with van der Waals surface area (Å²) in [6.07, 6.45) is 3.32. The molecule has 0 unspecified atom stereocenters. The number of nitrogen functional groups attached to an aromatic ring is 1. The van der Waals surface area contributed by atoms with Gasteiger partial charge in [0.15, 0.2) is 47.1 Å². The van der Waals surface area contributed by atoms with E-state index >= 15 is 0 Å². The zero-order valence-electron chi connectivity index (χ0n) is 24.0. The van der Waals surface area contributed by atoms with Crippen LogP contribution in [0.4, 0.5) is 5.13 Å². The number of hydrogen-bond acceptors (Lipinski definition) is 14. The van der Waals surface area contributed by atoms with E-state index in [0.29, 0.717) is 23.4 Å². The Morgan fingerprint density at radius 3 is 2.67 bits per heavy atom. The smallest absolute Gasteiger partial charge is 0.350 e. The maximum atomic E-state index is 13.7. The lowest BCUT2D eigenvalue weighted by atomic mass is 9.89. The lowest BCUT2D eigenvalue weighted by Gasteiger charge is -2.49. The van der Waals surface area contributed by atoms with E-state index in [4.69, 9.17) is 22.2 Å². The predicted octanol–water partition coefficient (Wildman–Crippen LogP) is 1.93. The number of Topliss-reactive ketones (excluding diaryl/α,β-unsaturated/α-hetero) is 1. The number of aromatic amines is 1. The quantitative estimate of drug-likeness (QED) is 0.0528. The van der Waals surface area contributed by atoms with Gasteiger partial charge in [0.1, 0.15) is 10.0 Å². The van der Waals surface area contributed by atoms with E-state index < -0.39 is 28.6 Å². The Kier molecular flexibility index (Phi) is 8.03. The number of thiazole rings is 1. The number of oxime groups is 1. The zero-order chi connectivity index (χ0) is 32.9. The monoisotopic (exact) mass is 686 g/mol. The van der Waals surface area contributed by atoms with Gasteiger partial charge in [-0.1, -0.05) is 28.1 Å². The van der Waals surface area contributed by atoms with Crippen LogP contribution in [0, 0.1) is 5.92 Å². The van der Waals surface area contributed by atoms with Crippen molar-refractivity contribution in [3.05, 3.63) is 52.0 Å². The van der Waals surface area contributed by atoms with Crippen LogP contribution in [0.15, 0.2) is 41.3 Å². The van der Waals surface area contributed by atoms with Crippen molar-refractivity contribution in [3.63, 3.8) is 0 Å². The van der Waals surface area contributed by atoms with Crippen LogP contribution in [0.5, 0.6) is 11.5 Å². The maximum Gasteiger partial charge on any atom is 0.350 e. The Morgan fingerprint density at radius 1 is 1.28 bits per heavy atom. The number of ketones is 1. The van der Waals surface area contributed by atoms with Gasteiger partial charge in [0, 0.05) is 29.2 Å². The molecule has 6 N–H and O–H groups in total. The van der Waals surface area contributed by atoms with Crippen LogP contribution in [0.25, 0.3) is 16.5 Å². The van der Waals surface area contributed by atoms with Gasteiger partial charge < -0.3 is 25.9 Å². The highest BCUT2D eigenvalue weighted by atomic mass is 35.5. The van der Waals surface area contributed by atoms with Crippen molar-refractivity contribution < 1.29 is 39.1 Å². The number of H-pyrrole nitrogens is 1. The average Bonchev–Trinajstić information content (AvgIpc) is 3.65. The highest BCUT2D eigenvalue weighted by Crippen LogP contribution is 2.47. The highest BCUT2D eigenvalue weighted by Gasteiger charge is 2.54. The lowest BCUT2D eigenvalue weighted by Crippen LogP contribution is -2.61. The van der Waals surface area contributed by atoms with Gasteiger partial charge in [-0.2, -0.15) is 5.21 Å². The number of thioether (sulfide) groups is 1. The number of benzene rings is 1. The van der Waals surface area contributed by atoms with Gasteiger partial charge in [-0.3, -0.25) is 14.5 Å². The van der Waals surface area contributed by atoms with Crippen molar-refractivity contribution in [1.29, 1.82) is 0 Å². The van der Waals surface area contributed by atoms with E-state index in [2.05, 4.69) is 30.8 Å². The van der Waals surface area contributed by atoms with Crippen molar-refractivity contribution in [1.82, 2.24) is 30.5 Å². The molecule has 4 aromatic rings.